The van der Waals surface area contributed by atoms with Crippen LogP contribution in [0.3, 0.4) is 0 Å². The second-order valence-corrected chi connectivity index (χ2v) is 6.58. The van der Waals surface area contributed by atoms with Crippen LogP contribution >= 0.6 is 11.6 Å². The summed E-state index contributed by atoms with van der Waals surface area (Å²) in [6.07, 6.45) is 5.34. The molecule has 2 rings (SSSR count). The second kappa shape index (κ2) is 7.29. The molecule has 0 aliphatic heterocycles. The number of aliphatic hydroxyl groups is 1. The molecule has 1 aromatic heterocycles. The van der Waals surface area contributed by atoms with Crippen molar-refractivity contribution < 1.29 is 14.6 Å². The Morgan fingerprint density at radius 3 is 2.91 bits per heavy atom. The summed E-state index contributed by atoms with van der Waals surface area (Å²) in [5.41, 5.74) is -0.409. The molecule has 1 atom stereocenters. The van der Waals surface area contributed by atoms with Crippen LogP contribution in [-0.4, -0.2) is 34.8 Å². The summed E-state index contributed by atoms with van der Waals surface area (Å²) in [6, 6.07) is 1.56. The van der Waals surface area contributed by atoms with E-state index in [-0.39, 0.29) is 18.2 Å². The molecule has 6 heteroatoms. The van der Waals surface area contributed by atoms with Crippen LogP contribution in [-0.2, 0) is 0 Å². The van der Waals surface area contributed by atoms with Crippen molar-refractivity contribution in [2.24, 2.45) is 5.92 Å². The van der Waals surface area contributed by atoms with E-state index in [0.717, 1.165) is 6.42 Å². The highest BCUT2D eigenvalue weighted by atomic mass is 35.5. The molecule has 0 bridgehead atoms. The SMILES string of the molecule is CCC[C@@](C)(CO)NC(=O)c1cc(OCC2CC2)c(Cl)cn1. The van der Waals surface area contributed by atoms with Crippen molar-refractivity contribution in [3.05, 3.63) is 23.0 Å². The first-order valence-electron chi connectivity index (χ1n) is 7.69. The van der Waals surface area contributed by atoms with Crippen LogP contribution < -0.4 is 10.1 Å². The monoisotopic (exact) mass is 326 g/mol. The fourth-order valence-corrected chi connectivity index (χ4v) is 2.38. The highest BCUT2D eigenvalue weighted by Crippen LogP contribution is 2.31. The van der Waals surface area contributed by atoms with E-state index in [1.807, 2.05) is 13.8 Å². The Balaban J connectivity index is 2.06. The molecule has 0 spiro atoms. The fraction of sp³-hybridized carbons (Fsp3) is 0.625. The summed E-state index contributed by atoms with van der Waals surface area (Å²) in [6.45, 7) is 4.32. The lowest BCUT2D eigenvalue weighted by molar-refractivity contribution is 0.0835. The van der Waals surface area contributed by atoms with Gasteiger partial charge in [-0.25, -0.2) is 4.98 Å². The molecule has 1 saturated carbocycles. The molecule has 0 radical (unpaired) electrons. The van der Waals surface area contributed by atoms with Gasteiger partial charge in [-0.3, -0.25) is 4.79 Å². The van der Waals surface area contributed by atoms with Gasteiger partial charge in [0.1, 0.15) is 16.5 Å². The first-order chi connectivity index (χ1) is 10.5. The summed E-state index contributed by atoms with van der Waals surface area (Å²) < 4.78 is 5.65. The van der Waals surface area contributed by atoms with Crippen LogP contribution in [0.25, 0.3) is 0 Å². The van der Waals surface area contributed by atoms with Crippen molar-refractivity contribution in [1.82, 2.24) is 10.3 Å². The first-order valence-corrected chi connectivity index (χ1v) is 8.07. The third kappa shape index (κ3) is 4.58. The lowest BCUT2D eigenvalue weighted by Gasteiger charge is -2.28. The fourth-order valence-electron chi connectivity index (χ4n) is 2.22. The van der Waals surface area contributed by atoms with Crippen molar-refractivity contribution in [1.29, 1.82) is 0 Å². The summed E-state index contributed by atoms with van der Waals surface area (Å²) in [7, 11) is 0. The Labute approximate surface area is 136 Å². The highest BCUT2D eigenvalue weighted by molar-refractivity contribution is 6.32. The van der Waals surface area contributed by atoms with Gasteiger partial charge in [0.05, 0.1) is 24.9 Å². The number of pyridine rings is 1. The molecular weight excluding hydrogens is 304 g/mol. The maximum Gasteiger partial charge on any atom is 0.270 e. The van der Waals surface area contributed by atoms with E-state index < -0.39 is 5.54 Å². The molecule has 1 aliphatic rings. The number of hydrogen-bond donors (Lipinski definition) is 2. The van der Waals surface area contributed by atoms with Crippen molar-refractivity contribution in [3.63, 3.8) is 0 Å². The van der Waals surface area contributed by atoms with E-state index >= 15 is 0 Å². The van der Waals surface area contributed by atoms with Gasteiger partial charge in [0.2, 0.25) is 0 Å². The van der Waals surface area contributed by atoms with Gasteiger partial charge in [0.15, 0.2) is 0 Å². The number of aromatic nitrogens is 1. The van der Waals surface area contributed by atoms with Crippen LogP contribution in [0, 0.1) is 5.92 Å². The van der Waals surface area contributed by atoms with Gasteiger partial charge in [0, 0.05) is 6.07 Å². The maximum absolute atomic E-state index is 12.3. The molecule has 1 aliphatic carbocycles. The number of ether oxygens (including phenoxy) is 1. The lowest BCUT2D eigenvalue weighted by atomic mass is 9.97. The number of amides is 1. The summed E-state index contributed by atoms with van der Waals surface area (Å²) in [5, 5.41) is 12.7. The molecule has 2 N–H and O–H groups in total. The largest absolute Gasteiger partial charge is 0.492 e. The van der Waals surface area contributed by atoms with Gasteiger partial charge in [-0.15, -0.1) is 0 Å². The minimum atomic E-state index is -0.651. The van der Waals surface area contributed by atoms with Gasteiger partial charge in [-0.05, 0) is 32.1 Å². The van der Waals surface area contributed by atoms with E-state index in [9.17, 15) is 9.90 Å². The quantitative estimate of drug-likeness (QED) is 0.770. The van der Waals surface area contributed by atoms with Crippen molar-refractivity contribution in [3.8, 4) is 5.75 Å². The average Bonchev–Trinajstić information content (AvgIpc) is 3.30. The van der Waals surface area contributed by atoms with Crippen LogP contribution in [0.2, 0.25) is 5.02 Å². The number of nitrogens with zero attached hydrogens (tertiary/aromatic N) is 1. The molecule has 0 saturated heterocycles. The molecule has 1 aromatic rings. The van der Waals surface area contributed by atoms with Crippen molar-refractivity contribution in [2.45, 2.75) is 45.1 Å². The van der Waals surface area contributed by atoms with Gasteiger partial charge in [0.25, 0.3) is 5.91 Å². The standard InChI is InChI=1S/C16H23ClN2O3/c1-3-6-16(2,10-20)19-15(21)13-7-14(12(17)8-18-13)22-9-11-4-5-11/h7-8,11,20H,3-6,9-10H2,1-2H3,(H,19,21)/t16-/m0/s1. The molecule has 0 unspecified atom stereocenters. The Morgan fingerprint density at radius 1 is 1.59 bits per heavy atom. The topological polar surface area (TPSA) is 71.5 Å². The summed E-state index contributed by atoms with van der Waals surface area (Å²) in [4.78, 5) is 16.4. The first kappa shape index (κ1) is 17.0. The van der Waals surface area contributed by atoms with Crippen molar-refractivity contribution >= 4 is 17.5 Å². The Hall–Kier alpha value is -1.33. The van der Waals surface area contributed by atoms with E-state index in [1.165, 1.54) is 19.0 Å². The lowest BCUT2D eigenvalue weighted by Crippen LogP contribution is -2.49. The third-order valence-corrected chi connectivity index (χ3v) is 4.07. The molecule has 1 heterocycles. The number of aliphatic hydroxyl groups excluding tert-OH is 1. The molecule has 1 fully saturated rings. The second-order valence-electron chi connectivity index (χ2n) is 6.18. The minimum absolute atomic E-state index is 0.120. The van der Waals surface area contributed by atoms with Crippen molar-refractivity contribution in [2.75, 3.05) is 13.2 Å². The van der Waals surface area contributed by atoms with E-state index in [1.54, 1.807) is 6.07 Å². The number of rotatable bonds is 8. The number of carbonyl (C=O) groups excluding carboxylic acids is 1. The van der Waals surface area contributed by atoms with Crippen LogP contribution in [0.1, 0.15) is 50.0 Å². The Kier molecular flexibility index (Phi) is 5.64. The Bertz CT molecular complexity index is 534. The molecule has 22 heavy (non-hydrogen) atoms. The van der Waals surface area contributed by atoms with E-state index in [0.29, 0.717) is 29.7 Å². The summed E-state index contributed by atoms with van der Waals surface area (Å²) in [5.74, 6) is 0.747. The zero-order chi connectivity index (χ0) is 16.2. The van der Waals surface area contributed by atoms with Crippen LogP contribution in [0.4, 0.5) is 0 Å². The van der Waals surface area contributed by atoms with Gasteiger partial charge < -0.3 is 15.2 Å². The average molecular weight is 327 g/mol. The zero-order valence-corrected chi connectivity index (χ0v) is 13.8. The van der Waals surface area contributed by atoms with E-state index in [2.05, 4.69) is 10.3 Å². The smallest absolute Gasteiger partial charge is 0.270 e. The predicted octanol–water partition coefficient (Wildman–Crippen LogP) is 2.80. The zero-order valence-electron chi connectivity index (χ0n) is 13.1. The third-order valence-electron chi connectivity index (χ3n) is 3.79. The van der Waals surface area contributed by atoms with Crippen LogP contribution in [0.15, 0.2) is 12.3 Å². The number of hydrogen-bond acceptors (Lipinski definition) is 4. The summed E-state index contributed by atoms with van der Waals surface area (Å²) >= 11 is 6.06. The molecule has 5 nitrogen and oxygen atoms in total. The normalized spacial score (nSPS) is 16.9. The molecule has 122 valence electrons. The number of carbonyl (C=O) groups is 1. The van der Waals surface area contributed by atoms with Gasteiger partial charge >= 0.3 is 0 Å². The minimum Gasteiger partial charge on any atom is -0.492 e. The van der Waals surface area contributed by atoms with E-state index in [4.69, 9.17) is 16.3 Å². The maximum atomic E-state index is 12.3. The number of halogens is 1. The molecule has 1 amide bonds. The highest BCUT2D eigenvalue weighted by Gasteiger charge is 2.26. The predicted molar refractivity (Wildman–Crippen MR) is 85.3 cm³/mol. The van der Waals surface area contributed by atoms with Crippen LogP contribution in [0.5, 0.6) is 5.75 Å². The number of nitrogens with one attached hydrogen (secondary N) is 1. The molecule has 0 aromatic carbocycles. The molecular formula is C16H23ClN2O3. The van der Waals surface area contributed by atoms with Gasteiger partial charge in [-0.1, -0.05) is 24.9 Å². The Morgan fingerprint density at radius 2 is 2.32 bits per heavy atom. The van der Waals surface area contributed by atoms with Gasteiger partial charge in [-0.2, -0.15) is 0 Å².